The Kier molecular flexibility index (Phi) is 7.42. The molecule has 0 spiro atoms. The zero-order chi connectivity index (χ0) is 21.0. The molecule has 0 aromatic heterocycles. The molecule has 3 N–H and O–H groups in total. The second-order valence-corrected chi connectivity index (χ2v) is 9.12. The Labute approximate surface area is 174 Å². The first-order valence-electron chi connectivity index (χ1n) is 11.3. The molecule has 3 saturated carbocycles. The fraction of sp³-hybridized carbons (Fsp3) is 0.792. The number of carboxylic acids is 1. The molecular formula is C24H36O5. The van der Waals surface area contributed by atoms with E-state index >= 15 is 0 Å². The number of fused-ring (bicyclic) bond motifs is 1. The van der Waals surface area contributed by atoms with E-state index in [2.05, 4.69) is 24.8 Å². The first kappa shape index (κ1) is 22.3. The minimum absolute atomic E-state index is 0.105. The quantitative estimate of drug-likeness (QED) is 0.358. The van der Waals surface area contributed by atoms with E-state index in [9.17, 15) is 15.0 Å². The number of unbranched alkanes of at least 4 members (excludes halogenated alkanes) is 1. The number of hydrogen-bond acceptors (Lipinski definition) is 4. The molecule has 29 heavy (non-hydrogen) atoms. The summed E-state index contributed by atoms with van der Waals surface area (Å²) in [6.45, 7) is 2.15. The van der Waals surface area contributed by atoms with E-state index in [0.717, 1.165) is 38.5 Å². The number of aliphatic carboxylic acids is 1. The third kappa shape index (κ3) is 4.55. The van der Waals surface area contributed by atoms with Gasteiger partial charge < -0.3 is 20.1 Å². The van der Waals surface area contributed by atoms with Crippen molar-refractivity contribution in [2.24, 2.45) is 23.7 Å². The first-order chi connectivity index (χ1) is 13.9. The highest BCUT2D eigenvalue weighted by molar-refractivity contribution is 5.66. The highest BCUT2D eigenvalue weighted by atomic mass is 16.5. The van der Waals surface area contributed by atoms with Crippen molar-refractivity contribution < 1.29 is 24.9 Å². The van der Waals surface area contributed by atoms with Crippen molar-refractivity contribution in [3.8, 4) is 11.8 Å². The molecule has 0 radical (unpaired) electrons. The van der Waals surface area contributed by atoms with Gasteiger partial charge in [0.15, 0.2) is 0 Å². The Balaban J connectivity index is 1.72. The largest absolute Gasteiger partial charge is 0.481 e. The third-order valence-corrected chi connectivity index (χ3v) is 7.49. The van der Waals surface area contributed by atoms with Gasteiger partial charge in [0.2, 0.25) is 0 Å². The summed E-state index contributed by atoms with van der Waals surface area (Å²) in [6, 6.07) is 0. The van der Waals surface area contributed by atoms with E-state index in [1.54, 1.807) is 7.11 Å². The Morgan fingerprint density at radius 2 is 2.03 bits per heavy atom. The highest BCUT2D eigenvalue weighted by Crippen LogP contribution is 2.60. The summed E-state index contributed by atoms with van der Waals surface area (Å²) < 4.78 is 6.01. The van der Waals surface area contributed by atoms with Crippen LogP contribution >= 0.6 is 0 Å². The number of carbonyl (C=O) groups is 1. The summed E-state index contributed by atoms with van der Waals surface area (Å²) in [6.07, 6.45) is 9.59. The smallest absolute Gasteiger partial charge is 0.303 e. The summed E-state index contributed by atoms with van der Waals surface area (Å²) in [5, 5.41) is 30.1. The van der Waals surface area contributed by atoms with Crippen LogP contribution in [0.2, 0.25) is 0 Å². The molecule has 5 heteroatoms. The van der Waals surface area contributed by atoms with Gasteiger partial charge in [0.25, 0.3) is 0 Å². The normalized spacial score (nSPS) is 37.2. The maximum absolute atomic E-state index is 10.8. The van der Waals surface area contributed by atoms with Crippen molar-refractivity contribution in [2.45, 2.75) is 88.9 Å². The van der Waals surface area contributed by atoms with Crippen molar-refractivity contribution in [3.05, 3.63) is 11.6 Å². The van der Waals surface area contributed by atoms with Gasteiger partial charge >= 0.3 is 5.97 Å². The molecule has 0 aliphatic heterocycles. The predicted octanol–water partition coefficient (Wildman–Crippen LogP) is 3.53. The molecular weight excluding hydrogens is 368 g/mol. The number of aliphatic hydroxyl groups excluding tert-OH is 2. The van der Waals surface area contributed by atoms with E-state index in [-0.39, 0.29) is 30.1 Å². The topological polar surface area (TPSA) is 87.0 Å². The van der Waals surface area contributed by atoms with E-state index in [0.29, 0.717) is 12.8 Å². The number of carboxylic acid groups (broad SMARTS) is 1. The van der Waals surface area contributed by atoms with Crippen molar-refractivity contribution in [1.82, 2.24) is 0 Å². The van der Waals surface area contributed by atoms with Crippen LogP contribution < -0.4 is 0 Å². The summed E-state index contributed by atoms with van der Waals surface area (Å²) in [5.74, 6) is 5.97. The van der Waals surface area contributed by atoms with Crippen LogP contribution in [0.5, 0.6) is 0 Å². The average Bonchev–Trinajstić information content (AvgIpc) is 2.72. The third-order valence-electron chi connectivity index (χ3n) is 7.49. The summed E-state index contributed by atoms with van der Waals surface area (Å²) in [5.41, 5.74) is 0.818. The predicted molar refractivity (Wildman–Crippen MR) is 111 cm³/mol. The summed E-state index contributed by atoms with van der Waals surface area (Å²) in [4.78, 5) is 10.8. The fourth-order valence-electron chi connectivity index (χ4n) is 5.93. The molecule has 2 unspecified atom stereocenters. The average molecular weight is 405 g/mol. The number of allylic oxidation sites excluding steroid dienone is 1. The Hall–Kier alpha value is -1.35. The van der Waals surface area contributed by atoms with Gasteiger partial charge in [-0.1, -0.05) is 44.1 Å². The Morgan fingerprint density at radius 3 is 2.69 bits per heavy atom. The van der Waals surface area contributed by atoms with Crippen molar-refractivity contribution in [3.63, 3.8) is 0 Å². The zero-order valence-electron chi connectivity index (χ0n) is 17.8. The summed E-state index contributed by atoms with van der Waals surface area (Å²) in [7, 11) is 1.73. The van der Waals surface area contributed by atoms with Gasteiger partial charge in [-0.05, 0) is 55.9 Å². The number of rotatable bonds is 6. The van der Waals surface area contributed by atoms with Crippen molar-refractivity contribution in [2.75, 3.05) is 7.11 Å². The van der Waals surface area contributed by atoms with E-state index in [1.807, 2.05) is 0 Å². The standard InChI is InChI=1S/C24H36O5/c1-16-19(10-6-7-11-22(27)28)24(29-2)15-14-21(26)18(23(16)24)12-13-20(25)17-8-4-3-5-9-17/h10,16-18,20-21,23,25-26H,3-9,11,14-15H2,1-2H3,(H,27,28)/b19-10-/t16?,18-,20?,21+,23+,24-/m1/s1. The second kappa shape index (κ2) is 9.64. The minimum Gasteiger partial charge on any atom is -0.481 e. The lowest BCUT2D eigenvalue weighted by Crippen LogP contribution is -2.64. The molecule has 3 fully saturated rings. The second-order valence-electron chi connectivity index (χ2n) is 9.12. The Morgan fingerprint density at radius 1 is 1.31 bits per heavy atom. The Bertz CT molecular complexity index is 668. The van der Waals surface area contributed by atoms with Gasteiger partial charge in [0, 0.05) is 19.4 Å². The van der Waals surface area contributed by atoms with Crippen molar-refractivity contribution >= 4 is 5.97 Å². The monoisotopic (exact) mass is 404 g/mol. The lowest BCUT2D eigenvalue weighted by molar-refractivity contribution is -0.162. The molecule has 0 aromatic rings. The maximum atomic E-state index is 10.8. The molecule has 3 aliphatic carbocycles. The van der Waals surface area contributed by atoms with Crippen LogP contribution in [-0.4, -0.2) is 46.2 Å². The van der Waals surface area contributed by atoms with Crippen LogP contribution in [0.4, 0.5) is 0 Å². The van der Waals surface area contributed by atoms with Gasteiger partial charge in [-0.3, -0.25) is 4.79 Å². The molecule has 0 saturated heterocycles. The molecule has 0 heterocycles. The number of hydrogen-bond donors (Lipinski definition) is 3. The maximum Gasteiger partial charge on any atom is 0.303 e. The van der Waals surface area contributed by atoms with Crippen LogP contribution in [0.15, 0.2) is 11.6 Å². The van der Waals surface area contributed by atoms with Crippen LogP contribution in [0.3, 0.4) is 0 Å². The molecule has 0 bridgehead atoms. The SMILES string of the molecule is CO[C@@]12CC[C@H](O)[C@@H](C#CC(O)C3CCCCC3)[C@@H]1C(C)/C2=C/CCCC(=O)O. The van der Waals surface area contributed by atoms with Crippen LogP contribution in [0.25, 0.3) is 0 Å². The summed E-state index contributed by atoms with van der Waals surface area (Å²) >= 11 is 0. The fourth-order valence-corrected chi connectivity index (χ4v) is 5.93. The van der Waals surface area contributed by atoms with Crippen LogP contribution in [0.1, 0.15) is 71.1 Å². The lowest BCUT2D eigenvalue weighted by Gasteiger charge is -2.61. The molecule has 3 aliphatic rings. The van der Waals surface area contributed by atoms with Crippen LogP contribution in [-0.2, 0) is 9.53 Å². The molecule has 3 rings (SSSR count). The molecule has 6 atom stereocenters. The zero-order valence-corrected chi connectivity index (χ0v) is 17.8. The van der Waals surface area contributed by atoms with Gasteiger partial charge in [-0.25, -0.2) is 0 Å². The van der Waals surface area contributed by atoms with Gasteiger partial charge in [-0.2, -0.15) is 0 Å². The van der Waals surface area contributed by atoms with E-state index < -0.39 is 23.8 Å². The minimum atomic E-state index is -0.767. The first-order valence-corrected chi connectivity index (χ1v) is 11.3. The van der Waals surface area contributed by atoms with E-state index in [4.69, 9.17) is 9.84 Å². The number of methoxy groups -OCH3 is 1. The molecule has 0 amide bonds. The lowest BCUT2D eigenvalue weighted by atomic mass is 9.48. The molecule has 0 aromatic carbocycles. The van der Waals surface area contributed by atoms with E-state index in [1.165, 1.54) is 12.0 Å². The molecule has 5 nitrogen and oxygen atoms in total. The molecule has 162 valence electrons. The van der Waals surface area contributed by atoms with Gasteiger partial charge in [-0.15, -0.1) is 0 Å². The van der Waals surface area contributed by atoms with Crippen LogP contribution in [0, 0.1) is 35.5 Å². The highest BCUT2D eigenvalue weighted by Gasteiger charge is 2.62. The van der Waals surface area contributed by atoms with Crippen molar-refractivity contribution in [1.29, 1.82) is 0 Å². The van der Waals surface area contributed by atoms with Gasteiger partial charge in [0.1, 0.15) is 6.10 Å². The number of ether oxygens (including phenoxy) is 1. The number of aliphatic hydroxyl groups is 2. The van der Waals surface area contributed by atoms with Gasteiger partial charge in [0.05, 0.1) is 17.6 Å².